The van der Waals surface area contributed by atoms with Crippen molar-refractivity contribution < 1.29 is 21.9 Å². The van der Waals surface area contributed by atoms with Crippen molar-refractivity contribution in [2.24, 2.45) is 0 Å². The third kappa shape index (κ3) is 7.44. The van der Waals surface area contributed by atoms with E-state index in [0.29, 0.717) is 5.56 Å². The monoisotopic (exact) mass is 321 g/mol. The van der Waals surface area contributed by atoms with E-state index in [1.807, 2.05) is 36.4 Å². The van der Waals surface area contributed by atoms with Crippen molar-refractivity contribution in [3.05, 3.63) is 65.5 Å². The van der Waals surface area contributed by atoms with Crippen LogP contribution in [0.1, 0.15) is 21.5 Å². The molecule has 6 nitrogen and oxygen atoms in total. The van der Waals surface area contributed by atoms with Gasteiger partial charge in [0.25, 0.3) is 0 Å². The molecule has 0 aliphatic rings. The zero-order chi connectivity index (χ0) is 16.4. The normalized spacial score (nSPS) is 10.8. The summed E-state index contributed by atoms with van der Waals surface area (Å²) in [6.07, 6.45) is 8.38. The summed E-state index contributed by atoms with van der Waals surface area (Å²) >= 11 is 0. The number of hydrogen-bond acceptors (Lipinski definition) is 5. The Morgan fingerprint density at radius 3 is 1.77 bits per heavy atom. The fraction of sp³-hybridized carbons (Fsp3) is 0.0667. The number of nitrogens with zero attached hydrogens (tertiary/aromatic N) is 1. The fourth-order valence-electron chi connectivity index (χ4n) is 1.35. The second kappa shape index (κ2) is 8.83. The standard InChI is InChI=1S/C14H11NO.CH4O4S/c16-11-14-5-3-12(4-6-14)1-2-13-7-9-15-10-8-13;1-5-6(2,3)4/h1-11H;1H3,(H,2,3,4). The molecule has 1 heterocycles. The van der Waals surface area contributed by atoms with Crippen molar-refractivity contribution in [2.45, 2.75) is 0 Å². The molecule has 0 fully saturated rings. The number of carbonyl (C=O) groups is 1. The molecule has 7 heteroatoms. The number of carbonyl (C=O) groups excluding carboxylic acids is 1. The van der Waals surface area contributed by atoms with Crippen molar-refractivity contribution in [2.75, 3.05) is 7.11 Å². The first-order chi connectivity index (χ1) is 10.4. The predicted molar refractivity (Wildman–Crippen MR) is 83.6 cm³/mol. The van der Waals surface area contributed by atoms with E-state index in [1.165, 1.54) is 0 Å². The Balaban J connectivity index is 0.000000346. The van der Waals surface area contributed by atoms with Crippen LogP contribution in [-0.4, -0.2) is 31.4 Å². The lowest BCUT2D eigenvalue weighted by atomic mass is 10.1. The van der Waals surface area contributed by atoms with E-state index in [1.54, 1.807) is 24.5 Å². The molecule has 0 saturated heterocycles. The Hall–Kier alpha value is -2.35. The SMILES string of the molecule is COS(=O)(=O)O.O=Cc1ccc(C=Cc2ccncc2)cc1. The molecular weight excluding hydrogens is 306 g/mol. The lowest BCUT2D eigenvalue weighted by Gasteiger charge is -1.94. The van der Waals surface area contributed by atoms with Crippen LogP contribution in [0, 0.1) is 0 Å². The van der Waals surface area contributed by atoms with E-state index in [0.717, 1.165) is 24.5 Å². The molecule has 0 aliphatic heterocycles. The van der Waals surface area contributed by atoms with Crippen LogP contribution < -0.4 is 0 Å². The minimum atomic E-state index is -4.16. The zero-order valence-corrected chi connectivity index (χ0v) is 12.6. The molecular formula is C15H15NO5S. The summed E-state index contributed by atoms with van der Waals surface area (Å²) in [6, 6.07) is 11.3. The van der Waals surface area contributed by atoms with Crippen LogP contribution in [0.2, 0.25) is 0 Å². The van der Waals surface area contributed by atoms with Crippen LogP contribution in [0.3, 0.4) is 0 Å². The lowest BCUT2D eigenvalue weighted by molar-refractivity contribution is 0.112. The highest BCUT2D eigenvalue weighted by Gasteiger charge is 1.94. The number of rotatable bonds is 4. The number of aldehydes is 1. The molecule has 2 aromatic rings. The van der Waals surface area contributed by atoms with Gasteiger partial charge in [-0.1, -0.05) is 36.4 Å². The van der Waals surface area contributed by atoms with Crippen molar-refractivity contribution in [3.8, 4) is 0 Å². The van der Waals surface area contributed by atoms with Crippen LogP contribution in [0.25, 0.3) is 12.2 Å². The lowest BCUT2D eigenvalue weighted by Crippen LogP contribution is -1.96. The maximum atomic E-state index is 10.5. The first kappa shape index (κ1) is 17.7. The molecule has 0 saturated carbocycles. The topological polar surface area (TPSA) is 93.6 Å². The Kier molecular flexibility index (Phi) is 7.11. The molecule has 0 spiro atoms. The Morgan fingerprint density at radius 1 is 0.955 bits per heavy atom. The predicted octanol–water partition coefficient (Wildman–Crippen LogP) is 2.50. The van der Waals surface area contributed by atoms with Gasteiger partial charge in [0.15, 0.2) is 0 Å². The van der Waals surface area contributed by atoms with Crippen LogP contribution in [0.4, 0.5) is 0 Å². The second-order valence-electron chi connectivity index (χ2n) is 3.99. The summed E-state index contributed by atoms with van der Waals surface area (Å²) in [4.78, 5) is 14.4. The summed E-state index contributed by atoms with van der Waals surface area (Å²) in [5.41, 5.74) is 2.87. The fourth-order valence-corrected chi connectivity index (χ4v) is 1.35. The highest BCUT2D eigenvalue weighted by Crippen LogP contribution is 2.08. The van der Waals surface area contributed by atoms with E-state index in [9.17, 15) is 13.2 Å². The van der Waals surface area contributed by atoms with Gasteiger partial charge in [-0.05, 0) is 23.3 Å². The van der Waals surface area contributed by atoms with Gasteiger partial charge in [0.2, 0.25) is 0 Å². The third-order valence-corrected chi connectivity index (χ3v) is 2.88. The number of benzene rings is 1. The number of hydrogen-bond donors (Lipinski definition) is 1. The summed E-state index contributed by atoms with van der Waals surface area (Å²) in [7, 11) is -3.29. The van der Waals surface area contributed by atoms with Crippen LogP contribution >= 0.6 is 0 Å². The van der Waals surface area contributed by atoms with Gasteiger partial charge in [-0.15, -0.1) is 0 Å². The molecule has 1 aromatic heterocycles. The average molecular weight is 321 g/mol. The maximum absolute atomic E-state index is 10.5. The van der Waals surface area contributed by atoms with E-state index in [-0.39, 0.29) is 0 Å². The molecule has 0 radical (unpaired) electrons. The molecule has 0 bridgehead atoms. The minimum Gasteiger partial charge on any atom is -0.298 e. The van der Waals surface area contributed by atoms with Crippen LogP contribution in [-0.2, 0) is 14.6 Å². The first-order valence-electron chi connectivity index (χ1n) is 6.11. The van der Waals surface area contributed by atoms with E-state index >= 15 is 0 Å². The van der Waals surface area contributed by atoms with Crippen LogP contribution in [0.5, 0.6) is 0 Å². The minimum absolute atomic E-state index is 0.695. The smallest absolute Gasteiger partial charge is 0.298 e. The highest BCUT2D eigenvalue weighted by molar-refractivity contribution is 7.80. The summed E-state index contributed by atoms with van der Waals surface area (Å²) < 4.78 is 29.7. The van der Waals surface area contributed by atoms with Gasteiger partial charge in [0.05, 0.1) is 7.11 Å². The molecule has 0 unspecified atom stereocenters. The largest absolute Gasteiger partial charge is 0.397 e. The van der Waals surface area contributed by atoms with Gasteiger partial charge in [0, 0.05) is 18.0 Å². The quantitative estimate of drug-likeness (QED) is 0.687. The van der Waals surface area contributed by atoms with Crippen molar-refractivity contribution in [1.29, 1.82) is 0 Å². The Bertz CT molecular complexity index is 709. The molecule has 22 heavy (non-hydrogen) atoms. The number of pyridine rings is 1. The molecule has 116 valence electrons. The summed E-state index contributed by atoms with van der Waals surface area (Å²) in [6.45, 7) is 0. The van der Waals surface area contributed by atoms with Crippen molar-refractivity contribution in [3.63, 3.8) is 0 Å². The van der Waals surface area contributed by atoms with Crippen LogP contribution in [0.15, 0.2) is 48.8 Å². The second-order valence-corrected chi connectivity index (χ2v) is 5.18. The molecule has 0 atom stereocenters. The number of aromatic nitrogens is 1. The summed E-state index contributed by atoms with van der Waals surface area (Å²) in [5, 5.41) is 0. The maximum Gasteiger partial charge on any atom is 0.397 e. The summed E-state index contributed by atoms with van der Waals surface area (Å²) in [5.74, 6) is 0. The first-order valence-corrected chi connectivity index (χ1v) is 7.47. The Morgan fingerprint density at radius 2 is 1.36 bits per heavy atom. The third-order valence-electron chi connectivity index (χ3n) is 2.46. The van der Waals surface area contributed by atoms with Gasteiger partial charge >= 0.3 is 10.4 Å². The van der Waals surface area contributed by atoms with Gasteiger partial charge in [-0.25, -0.2) is 0 Å². The molecule has 1 aromatic carbocycles. The molecule has 2 rings (SSSR count). The van der Waals surface area contributed by atoms with Gasteiger partial charge in [0.1, 0.15) is 6.29 Å². The molecule has 0 aliphatic carbocycles. The van der Waals surface area contributed by atoms with Crippen molar-refractivity contribution in [1.82, 2.24) is 4.98 Å². The molecule has 0 amide bonds. The Labute approximate surface area is 129 Å². The van der Waals surface area contributed by atoms with Crippen molar-refractivity contribution >= 4 is 28.8 Å². The average Bonchev–Trinajstić information content (AvgIpc) is 2.54. The van der Waals surface area contributed by atoms with E-state index in [2.05, 4.69) is 9.17 Å². The van der Waals surface area contributed by atoms with Gasteiger partial charge in [-0.2, -0.15) is 8.42 Å². The zero-order valence-electron chi connectivity index (χ0n) is 11.8. The van der Waals surface area contributed by atoms with E-state index < -0.39 is 10.4 Å². The molecule has 1 N–H and O–H groups in total. The van der Waals surface area contributed by atoms with E-state index in [4.69, 9.17) is 4.55 Å². The van der Waals surface area contributed by atoms with Gasteiger partial charge < -0.3 is 0 Å². The van der Waals surface area contributed by atoms with Gasteiger partial charge in [-0.3, -0.25) is 18.5 Å². The highest BCUT2D eigenvalue weighted by atomic mass is 32.3.